The number of carbonyl (C=O) groups is 3. The van der Waals surface area contributed by atoms with Crippen LogP contribution in [0.4, 0.5) is 0 Å². The molecule has 0 aromatic rings. The number of amides is 1. The van der Waals surface area contributed by atoms with Gasteiger partial charge in [0.2, 0.25) is 5.91 Å². The van der Waals surface area contributed by atoms with Gasteiger partial charge >= 0.3 is 5.97 Å². The third-order valence-corrected chi connectivity index (χ3v) is 1.94. The van der Waals surface area contributed by atoms with E-state index in [1.165, 1.54) is 6.92 Å². The number of hydrogen-bond donors (Lipinski definition) is 4. The number of ketones is 1. The van der Waals surface area contributed by atoms with Gasteiger partial charge in [-0.25, -0.2) is 0 Å². The average Bonchev–Trinajstić information content (AvgIpc) is 2.11. The zero-order valence-corrected chi connectivity index (χ0v) is 8.34. The molecule has 0 fully saturated rings. The SMILES string of the molecule is C[C@H](N)C(=O)C(C[C@H](N)C(=O)O)C(N)=O. The van der Waals surface area contributed by atoms with Crippen LogP contribution < -0.4 is 17.2 Å². The summed E-state index contributed by atoms with van der Waals surface area (Å²) in [5.41, 5.74) is 15.4. The van der Waals surface area contributed by atoms with Gasteiger partial charge in [0.25, 0.3) is 0 Å². The first kappa shape index (κ1) is 13.5. The second kappa shape index (κ2) is 5.42. The lowest BCUT2D eigenvalue weighted by atomic mass is 9.92. The Morgan fingerprint density at radius 1 is 1.27 bits per heavy atom. The molecule has 0 saturated carbocycles. The molecule has 1 amide bonds. The molecule has 15 heavy (non-hydrogen) atoms. The van der Waals surface area contributed by atoms with Crippen molar-refractivity contribution in [3.63, 3.8) is 0 Å². The molecule has 0 aromatic carbocycles. The zero-order chi connectivity index (χ0) is 12.2. The highest BCUT2D eigenvalue weighted by molar-refractivity contribution is 6.03. The lowest BCUT2D eigenvalue weighted by molar-refractivity contribution is -0.139. The topological polar surface area (TPSA) is 150 Å². The fraction of sp³-hybridized carbons (Fsp3) is 0.625. The smallest absolute Gasteiger partial charge is 0.320 e. The highest BCUT2D eigenvalue weighted by atomic mass is 16.4. The number of primary amides is 1. The molecule has 0 radical (unpaired) electrons. The van der Waals surface area contributed by atoms with Crippen molar-refractivity contribution in [2.24, 2.45) is 23.1 Å². The van der Waals surface area contributed by atoms with Gasteiger partial charge in [-0.2, -0.15) is 0 Å². The number of aliphatic carboxylic acids is 1. The Morgan fingerprint density at radius 3 is 2.00 bits per heavy atom. The number of carboxylic acids is 1. The minimum absolute atomic E-state index is 0.328. The molecule has 0 aliphatic rings. The van der Waals surface area contributed by atoms with E-state index in [-0.39, 0.29) is 6.42 Å². The predicted octanol–water partition coefficient (Wildman–Crippen LogP) is -2.19. The molecule has 86 valence electrons. The molecule has 0 aliphatic heterocycles. The summed E-state index contributed by atoms with van der Waals surface area (Å²) in [6, 6.07) is -2.17. The van der Waals surface area contributed by atoms with Crippen LogP contribution >= 0.6 is 0 Å². The van der Waals surface area contributed by atoms with Crippen LogP contribution in [0.15, 0.2) is 0 Å². The van der Waals surface area contributed by atoms with E-state index >= 15 is 0 Å². The van der Waals surface area contributed by atoms with E-state index in [4.69, 9.17) is 22.3 Å². The van der Waals surface area contributed by atoms with E-state index < -0.39 is 35.7 Å². The molecule has 0 saturated heterocycles. The molecular weight excluding hydrogens is 202 g/mol. The van der Waals surface area contributed by atoms with Gasteiger partial charge in [-0.1, -0.05) is 0 Å². The van der Waals surface area contributed by atoms with E-state index in [1.54, 1.807) is 0 Å². The van der Waals surface area contributed by atoms with Crippen LogP contribution in [-0.4, -0.2) is 34.8 Å². The Balaban J connectivity index is 4.62. The molecule has 7 heteroatoms. The van der Waals surface area contributed by atoms with Crippen LogP contribution in [0.1, 0.15) is 13.3 Å². The fourth-order valence-corrected chi connectivity index (χ4v) is 1.04. The summed E-state index contributed by atoms with van der Waals surface area (Å²) in [4.78, 5) is 32.7. The molecule has 0 aliphatic carbocycles. The molecule has 7 nitrogen and oxygen atoms in total. The fourth-order valence-electron chi connectivity index (χ4n) is 1.04. The zero-order valence-electron chi connectivity index (χ0n) is 8.34. The second-order valence-corrected chi connectivity index (χ2v) is 3.33. The maximum absolute atomic E-state index is 11.4. The van der Waals surface area contributed by atoms with Crippen molar-refractivity contribution in [3.8, 4) is 0 Å². The standard InChI is InChI=1S/C8H15N3O4/c1-3(9)6(12)4(7(11)13)2-5(10)8(14)15/h3-5H,2,9-10H2,1H3,(H2,11,13)(H,14,15)/t3-,4?,5-/m0/s1. The number of hydrogen-bond acceptors (Lipinski definition) is 5. The van der Waals surface area contributed by atoms with Crippen LogP contribution in [0.5, 0.6) is 0 Å². The first-order valence-corrected chi connectivity index (χ1v) is 4.34. The van der Waals surface area contributed by atoms with Gasteiger partial charge in [0, 0.05) is 0 Å². The lowest BCUT2D eigenvalue weighted by Gasteiger charge is -2.16. The van der Waals surface area contributed by atoms with Crippen LogP contribution in [0, 0.1) is 5.92 Å². The van der Waals surface area contributed by atoms with Crippen molar-refractivity contribution in [1.29, 1.82) is 0 Å². The van der Waals surface area contributed by atoms with Gasteiger partial charge in [-0.05, 0) is 13.3 Å². The average molecular weight is 217 g/mol. The minimum atomic E-state index is -1.30. The molecule has 0 heterocycles. The van der Waals surface area contributed by atoms with Crippen molar-refractivity contribution in [3.05, 3.63) is 0 Å². The molecule has 1 unspecified atom stereocenters. The summed E-state index contributed by atoms with van der Waals surface area (Å²) >= 11 is 0. The minimum Gasteiger partial charge on any atom is -0.480 e. The maximum atomic E-state index is 11.4. The summed E-state index contributed by atoms with van der Waals surface area (Å²) in [7, 11) is 0. The number of carbonyl (C=O) groups excluding carboxylic acids is 2. The maximum Gasteiger partial charge on any atom is 0.320 e. The Labute approximate surface area is 86.6 Å². The number of rotatable bonds is 6. The molecule has 3 atom stereocenters. The van der Waals surface area contributed by atoms with Crippen LogP contribution in [0.25, 0.3) is 0 Å². The molecule has 0 aromatic heterocycles. The Kier molecular flexibility index (Phi) is 4.89. The summed E-state index contributed by atoms with van der Waals surface area (Å²) in [6.45, 7) is 1.39. The monoisotopic (exact) mass is 217 g/mol. The van der Waals surface area contributed by atoms with E-state index in [0.717, 1.165) is 0 Å². The van der Waals surface area contributed by atoms with Gasteiger partial charge < -0.3 is 22.3 Å². The van der Waals surface area contributed by atoms with E-state index in [2.05, 4.69) is 0 Å². The van der Waals surface area contributed by atoms with Gasteiger partial charge in [0.15, 0.2) is 5.78 Å². The Bertz CT molecular complexity index is 277. The summed E-state index contributed by atoms with van der Waals surface area (Å²) in [5, 5.41) is 8.51. The first-order valence-electron chi connectivity index (χ1n) is 4.34. The Morgan fingerprint density at radius 2 is 1.73 bits per heavy atom. The number of Topliss-reactive ketones (excluding diaryl/α,β-unsaturated/α-hetero) is 1. The molecule has 0 spiro atoms. The highest BCUT2D eigenvalue weighted by Crippen LogP contribution is 2.08. The summed E-state index contributed by atoms with van der Waals surface area (Å²) in [5.74, 6) is -4.04. The third-order valence-electron chi connectivity index (χ3n) is 1.94. The van der Waals surface area contributed by atoms with Crippen molar-refractivity contribution >= 4 is 17.7 Å². The predicted molar refractivity (Wildman–Crippen MR) is 51.6 cm³/mol. The van der Waals surface area contributed by atoms with Crippen molar-refractivity contribution in [2.45, 2.75) is 25.4 Å². The molecule has 7 N–H and O–H groups in total. The van der Waals surface area contributed by atoms with E-state index in [9.17, 15) is 14.4 Å². The quantitative estimate of drug-likeness (QED) is 0.371. The van der Waals surface area contributed by atoms with Crippen molar-refractivity contribution in [1.82, 2.24) is 0 Å². The lowest BCUT2D eigenvalue weighted by Crippen LogP contribution is -2.44. The van der Waals surface area contributed by atoms with Crippen LogP contribution in [0.2, 0.25) is 0 Å². The van der Waals surface area contributed by atoms with Crippen molar-refractivity contribution in [2.75, 3.05) is 0 Å². The Hall–Kier alpha value is -1.47. The van der Waals surface area contributed by atoms with E-state index in [0.29, 0.717) is 0 Å². The number of carboxylic acid groups (broad SMARTS) is 1. The van der Waals surface area contributed by atoms with E-state index in [1.807, 2.05) is 0 Å². The summed E-state index contributed by atoms with van der Waals surface area (Å²) in [6.07, 6.45) is -0.328. The van der Waals surface area contributed by atoms with Gasteiger partial charge in [0.1, 0.15) is 6.04 Å². The van der Waals surface area contributed by atoms with Crippen molar-refractivity contribution < 1.29 is 19.5 Å². The number of nitrogens with two attached hydrogens (primary N) is 3. The molecule has 0 bridgehead atoms. The molecule has 0 rings (SSSR count). The third kappa shape index (κ3) is 4.05. The molecular formula is C8H15N3O4. The second-order valence-electron chi connectivity index (χ2n) is 3.33. The van der Waals surface area contributed by atoms with Gasteiger partial charge in [0.05, 0.1) is 12.0 Å². The van der Waals surface area contributed by atoms with Crippen LogP contribution in [-0.2, 0) is 14.4 Å². The normalized spacial score (nSPS) is 16.5. The van der Waals surface area contributed by atoms with Gasteiger partial charge in [-0.3, -0.25) is 14.4 Å². The first-order chi connectivity index (χ1) is 6.77. The highest BCUT2D eigenvalue weighted by Gasteiger charge is 2.30. The van der Waals surface area contributed by atoms with Gasteiger partial charge in [-0.15, -0.1) is 0 Å². The summed E-state index contributed by atoms with van der Waals surface area (Å²) < 4.78 is 0. The van der Waals surface area contributed by atoms with Crippen LogP contribution in [0.3, 0.4) is 0 Å². The largest absolute Gasteiger partial charge is 0.480 e.